The van der Waals surface area contributed by atoms with Crippen LogP contribution in [-0.2, 0) is 11.2 Å². The van der Waals surface area contributed by atoms with Gasteiger partial charge in [-0.2, -0.15) is 0 Å². The standard InChI is InChI=1S/C23H20FN3O3/c1-15-19(13-25-14-20(15)24)22(28)27-21-11-8-17(12-26-21)5-3-4-16-6-9-18(10-7-16)23(29)30-2/h3-4,6-14H,5H2,1-2H3,(H,26,27,28). The van der Waals surface area contributed by atoms with Crippen molar-refractivity contribution in [3.63, 3.8) is 0 Å². The van der Waals surface area contributed by atoms with Crippen molar-refractivity contribution >= 4 is 23.8 Å². The average molecular weight is 405 g/mol. The van der Waals surface area contributed by atoms with E-state index in [0.717, 1.165) is 17.3 Å². The molecule has 0 aliphatic carbocycles. The molecule has 3 rings (SSSR count). The molecule has 2 aromatic heterocycles. The van der Waals surface area contributed by atoms with E-state index in [1.54, 1.807) is 24.4 Å². The van der Waals surface area contributed by atoms with Crippen LogP contribution >= 0.6 is 0 Å². The van der Waals surface area contributed by atoms with Crippen LogP contribution in [0.3, 0.4) is 0 Å². The zero-order valence-electron chi connectivity index (χ0n) is 16.6. The predicted octanol–water partition coefficient (Wildman–Crippen LogP) is 4.22. The summed E-state index contributed by atoms with van der Waals surface area (Å²) >= 11 is 0. The normalized spacial score (nSPS) is 10.8. The lowest BCUT2D eigenvalue weighted by molar-refractivity contribution is 0.0600. The first-order chi connectivity index (χ1) is 14.5. The number of methoxy groups -OCH3 is 1. The monoisotopic (exact) mass is 405 g/mol. The molecule has 0 aliphatic heterocycles. The number of benzene rings is 1. The highest BCUT2D eigenvalue weighted by Gasteiger charge is 2.13. The predicted molar refractivity (Wildman–Crippen MR) is 112 cm³/mol. The molecule has 1 N–H and O–H groups in total. The Hall–Kier alpha value is -3.87. The highest BCUT2D eigenvalue weighted by Crippen LogP contribution is 2.14. The number of hydrogen-bond acceptors (Lipinski definition) is 5. The maximum atomic E-state index is 13.6. The van der Waals surface area contributed by atoms with Gasteiger partial charge >= 0.3 is 5.97 Å². The summed E-state index contributed by atoms with van der Waals surface area (Å²) in [5.74, 6) is -0.991. The molecule has 30 heavy (non-hydrogen) atoms. The SMILES string of the molecule is COC(=O)c1ccc(C=CCc2ccc(NC(=O)c3cncc(F)c3C)nc2)cc1. The number of anilines is 1. The van der Waals surface area contributed by atoms with Crippen LogP contribution in [0.4, 0.5) is 10.2 Å². The maximum absolute atomic E-state index is 13.6. The van der Waals surface area contributed by atoms with Gasteiger partial charge < -0.3 is 10.1 Å². The van der Waals surface area contributed by atoms with Crippen LogP contribution in [0.2, 0.25) is 0 Å². The minimum Gasteiger partial charge on any atom is -0.465 e. The molecule has 0 spiro atoms. The number of allylic oxidation sites excluding steroid dienone is 1. The largest absolute Gasteiger partial charge is 0.465 e. The number of amides is 1. The number of nitrogens with zero attached hydrogens (tertiary/aromatic N) is 2. The van der Waals surface area contributed by atoms with Crippen LogP contribution < -0.4 is 5.32 Å². The topological polar surface area (TPSA) is 81.2 Å². The second-order valence-electron chi connectivity index (χ2n) is 6.52. The molecule has 0 radical (unpaired) electrons. The molecular formula is C23H20FN3O3. The number of rotatable bonds is 6. The van der Waals surface area contributed by atoms with Gasteiger partial charge in [0.25, 0.3) is 5.91 Å². The first kappa shape index (κ1) is 20.9. The number of ether oxygens (including phenoxy) is 1. The van der Waals surface area contributed by atoms with Crippen molar-refractivity contribution in [1.82, 2.24) is 9.97 Å². The third kappa shape index (κ3) is 5.14. The van der Waals surface area contributed by atoms with E-state index in [1.807, 2.05) is 30.4 Å². The van der Waals surface area contributed by atoms with E-state index in [1.165, 1.54) is 20.2 Å². The molecule has 6 nitrogen and oxygen atoms in total. The molecule has 1 amide bonds. The van der Waals surface area contributed by atoms with Crippen molar-refractivity contribution in [3.8, 4) is 0 Å². The Morgan fingerprint density at radius 3 is 2.53 bits per heavy atom. The summed E-state index contributed by atoms with van der Waals surface area (Å²) in [7, 11) is 1.35. The Bertz CT molecular complexity index is 1080. The number of hydrogen-bond donors (Lipinski definition) is 1. The lowest BCUT2D eigenvalue weighted by Crippen LogP contribution is -2.15. The Morgan fingerprint density at radius 1 is 1.10 bits per heavy atom. The summed E-state index contributed by atoms with van der Waals surface area (Å²) in [5, 5.41) is 2.64. The molecule has 0 aliphatic rings. The smallest absolute Gasteiger partial charge is 0.337 e. The molecule has 0 fully saturated rings. The number of esters is 1. The zero-order chi connectivity index (χ0) is 21.5. The highest BCUT2D eigenvalue weighted by atomic mass is 19.1. The van der Waals surface area contributed by atoms with Crippen LogP contribution in [-0.4, -0.2) is 29.0 Å². The molecule has 0 atom stereocenters. The quantitative estimate of drug-likeness (QED) is 0.621. The van der Waals surface area contributed by atoms with E-state index in [4.69, 9.17) is 0 Å². The van der Waals surface area contributed by atoms with Gasteiger partial charge in [-0.3, -0.25) is 9.78 Å². The van der Waals surface area contributed by atoms with E-state index >= 15 is 0 Å². The number of carbonyl (C=O) groups is 2. The highest BCUT2D eigenvalue weighted by molar-refractivity contribution is 6.04. The molecule has 0 bridgehead atoms. The Kier molecular flexibility index (Phi) is 6.64. The van der Waals surface area contributed by atoms with E-state index in [-0.39, 0.29) is 17.1 Å². The zero-order valence-corrected chi connectivity index (χ0v) is 16.6. The van der Waals surface area contributed by atoms with Gasteiger partial charge in [0.2, 0.25) is 0 Å². The van der Waals surface area contributed by atoms with Crippen LogP contribution in [0.15, 0.2) is 61.1 Å². The van der Waals surface area contributed by atoms with Crippen molar-refractivity contribution in [2.75, 3.05) is 12.4 Å². The third-order valence-corrected chi connectivity index (χ3v) is 4.46. The van der Waals surface area contributed by atoms with Gasteiger partial charge in [-0.05, 0) is 42.7 Å². The van der Waals surface area contributed by atoms with E-state index in [2.05, 4.69) is 20.0 Å². The molecule has 3 aromatic rings. The molecule has 7 heteroatoms. The lowest BCUT2D eigenvalue weighted by Gasteiger charge is -2.07. The van der Waals surface area contributed by atoms with Crippen molar-refractivity contribution in [1.29, 1.82) is 0 Å². The fourth-order valence-electron chi connectivity index (χ4n) is 2.71. The fourth-order valence-corrected chi connectivity index (χ4v) is 2.71. The molecule has 0 unspecified atom stereocenters. The summed E-state index contributed by atoms with van der Waals surface area (Å²) < 4.78 is 18.2. The number of carbonyl (C=O) groups excluding carboxylic acids is 2. The summed E-state index contributed by atoms with van der Waals surface area (Å²) in [5.41, 5.74) is 2.82. The Labute approximate surface area is 173 Å². The van der Waals surface area contributed by atoms with Crippen molar-refractivity contribution < 1.29 is 18.7 Å². The maximum Gasteiger partial charge on any atom is 0.337 e. The van der Waals surface area contributed by atoms with Crippen LogP contribution in [0.5, 0.6) is 0 Å². The summed E-state index contributed by atoms with van der Waals surface area (Å²) in [4.78, 5) is 31.7. The minimum absolute atomic E-state index is 0.169. The van der Waals surface area contributed by atoms with Gasteiger partial charge in [-0.1, -0.05) is 30.4 Å². The van der Waals surface area contributed by atoms with Crippen LogP contribution in [0.25, 0.3) is 6.08 Å². The van der Waals surface area contributed by atoms with Gasteiger partial charge in [0, 0.05) is 18.0 Å². The number of pyridine rings is 2. The van der Waals surface area contributed by atoms with E-state index in [9.17, 15) is 14.0 Å². The van der Waals surface area contributed by atoms with Gasteiger partial charge in [0.1, 0.15) is 11.6 Å². The van der Waals surface area contributed by atoms with Crippen LogP contribution in [0, 0.1) is 12.7 Å². The molecule has 1 aromatic carbocycles. The second kappa shape index (κ2) is 9.56. The lowest BCUT2D eigenvalue weighted by atomic mass is 10.1. The Morgan fingerprint density at radius 2 is 1.87 bits per heavy atom. The van der Waals surface area contributed by atoms with Crippen molar-refractivity contribution in [2.24, 2.45) is 0 Å². The summed E-state index contributed by atoms with van der Waals surface area (Å²) in [6, 6.07) is 10.6. The molecule has 0 saturated carbocycles. The molecule has 2 heterocycles. The average Bonchev–Trinajstić information content (AvgIpc) is 2.76. The van der Waals surface area contributed by atoms with Gasteiger partial charge in [-0.15, -0.1) is 0 Å². The van der Waals surface area contributed by atoms with Crippen LogP contribution in [0.1, 0.15) is 37.4 Å². The van der Waals surface area contributed by atoms with Gasteiger partial charge in [0.05, 0.1) is 24.4 Å². The summed E-state index contributed by atoms with van der Waals surface area (Å²) in [6.07, 6.45) is 8.62. The number of aromatic nitrogens is 2. The summed E-state index contributed by atoms with van der Waals surface area (Å²) in [6.45, 7) is 1.53. The number of nitrogens with one attached hydrogen (secondary N) is 1. The third-order valence-electron chi connectivity index (χ3n) is 4.46. The molecule has 152 valence electrons. The van der Waals surface area contributed by atoms with Crippen molar-refractivity contribution in [3.05, 3.63) is 94.7 Å². The first-order valence-corrected chi connectivity index (χ1v) is 9.19. The van der Waals surface area contributed by atoms with E-state index < -0.39 is 11.7 Å². The minimum atomic E-state index is -0.530. The molecular weight excluding hydrogens is 385 g/mol. The first-order valence-electron chi connectivity index (χ1n) is 9.19. The van der Waals surface area contributed by atoms with E-state index in [0.29, 0.717) is 17.8 Å². The second-order valence-corrected chi connectivity index (χ2v) is 6.52. The Balaban J connectivity index is 1.58. The number of halogens is 1. The van der Waals surface area contributed by atoms with Gasteiger partial charge in [-0.25, -0.2) is 14.2 Å². The van der Waals surface area contributed by atoms with Crippen molar-refractivity contribution in [2.45, 2.75) is 13.3 Å². The van der Waals surface area contributed by atoms with Gasteiger partial charge in [0.15, 0.2) is 0 Å². The fraction of sp³-hybridized carbons (Fsp3) is 0.130. The molecule has 0 saturated heterocycles.